The molecule has 0 aromatic heterocycles. The number of unbranched alkanes of at least 4 members (excludes halogenated alkanes) is 12. The van der Waals surface area contributed by atoms with Gasteiger partial charge in [-0.05, 0) is 88.2 Å². The first kappa shape index (κ1) is 57.8. The summed E-state index contributed by atoms with van der Waals surface area (Å²) >= 11 is 0. The zero-order valence-corrected chi connectivity index (χ0v) is 41.8. The van der Waals surface area contributed by atoms with Crippen molar-refractivity contribution in [3.63, 3.8) is 0 Å². The summed E-state index contributed by atoms with van der Waals surface area (Å²) in [6.45, 7) is 5.86. The van der Waals surface area contributed by atoms with E-state index in [4.69, 9.17) is 9.47 Å². The van der Waals surface area contributed by atoms with Crippen molar-refractivity contribution in [2.45, 2.75) is 231 Å². The third-order valence-electron chi connectivity index (χ3n) is 10.9. The van der Waals surface area contributed by atoms with Gasteiger partial charge in [0.2, 0.25) is 0 Å². The van der Waals surface area contributed by atoms with Gasteiger partial charge in [0.05, 0.1) is 37.6 Å². The normalized spacial score (nSPS) is 13.1. The third-order valence-corrected chi connectivity index (χ3v) is 10.9. The van der Waals surface area contributed by atoms with Gasteiger partial charge >= 0.3 is 48.9 Å². The Morgan fingerprint density at radius 3 is 1.05 bits per heavy atom. The molecule has 8 nitrogen and oxygen atoms in total. The van der Waals surface area contributed by atoms with Crippen molar-refractivity contribution < 1.29 is 39.5 Å². The van der Waals surface area contributed by atoms with E-state index in [1.54, 1.807) is 0 Å². The Kier molecular flexibility index (Phi) is 41.2. The quantitative estimate of drug-likeness (QED) is 0.0501. The maximum absolute atomic E-state index is 10.4. The fraction of sp³-hybridized carbons (Fsp3) is 0.720. The number of carbonyl (C=O) groups excluding carboxylic acids is 2. The largest absolute Gasteiger partial charge is 2.00 e. The standard InChI is InChI=1S/2C25H42O4.Ba/c2*1-2-3-4-11-18-24(29-21-22-14-8-7-9-15-22)19-12-6-5-10-16-23(26)17-13-20-25(27)28;/h2*7-9,14-15,23-24,26H,2-6,10-13,16-21H2,1H3,(H,27,28);/q;;+2/p-2. The number of carboxylic acid groups (broad SMARTS) is 2. The van der Waals surface area contributed by atoms with Crippen LogP contribution in [0.4, 0.5) is 0 Å². The van der Waals surface area contributed by atoms with Crippen LogP contribution in [0.5, 0.6) is 0 Å². The number of ether oxygens (including phenoxy) is 2. The summed E-state index contributed by atoms with van der Waals surface area (Å²) in [5.41, 5.74) is 2.47. The Balaban J connectivity index is 0.00000112. The molecule has 2 aromatic rings. The molecule has 59 heavy (non-hydrogen) atoms. The summed E-state index contributed by atoms with van der Waals surface area (Å²) in [6.07, 6.45) is 27.2. The maximum Gasteiger partial charge on any atom is 2.00 e. The maximum atomic E-state index is 10.4. The molecule has 0 amide bonds. The van der Waals surface area contributed by atoms with Crippen LogP contribution in [0.15, 0.2) is 60.7 Å². The second-order valence-corrected chi connectivity index (χ2v) is 16.4. The summed E-state index contributed by atoms with van der Waals surface area (Å²) in [7, 11) is 0. The summed E-state index contributed by atoms with van der Waals surface area (Å²) in [6, 6.07) is 20.8. The van der Waals surface area contributed by atoms with Crippen molar-refractivity contribution in [3.05, 3.63) is 71.8 Å². The Bertz CT molecular complexity index is 1110. The molecule has 0 bridgehead atoms. The number of rotatable bonds is 38. The number of carboxylic acids is 2. The van der Waals surface area contributed by atoms with E-state index >= 15 is 0 Å². The van der Waals surface area contributed by atoms with Gasteiger partial charge in [-0.3, -0.25) is 0 Å². The molecule has 0 spiro atoms. The van der Waals surface area contributed by atoms with Crippen LogP contribution in [0.1, 0.15) is 205 Å². The summed E-state index contributed by atoms with van der Waals surface area (Å²) < 4.78 is 12.4. The van der Waals surface area contributed by atoms with E-state index in [-0.39, 0.29) is 73.9 Å². The number of hydrogen-bond acceptors (Lipinski definition) is 8. The van der Waals surface area contributed by atoms with Gasteiger partial charge in [-0.25, -0.2) is 0 Å². The van der Waals surface area contributed by atoms with Crippen LogP contribution < -0.4 is 10.2 Å². The molecule has 0 radical (unpaired) electrons. The SMILES string of the molecule is CCCCCCC(CCCCCCC(O)CCCC(=O)[O-])OCc1ccccc1.CCCCCCC(CCCCCCC(O)CCCC(=O)[O-])OCc1ccccc1.[Ba+2]. The third kappa shape index (κ3) is 38.2. The van der Waals surface area contributed by atoms with Gasteiger partial charge in [-0.15, -0.1) is 0 Å². The first-order chi connectivity index (χ1) is 28.2. The van der Waals surface area contributed by atoms with Crippen molar-refractivity contribution in [1.29, 1.82) is 0 Å². The predicted molar refractivity (Wildman–Crippen MR) is 238 cm³/mol. The predicted octanol–water partition coefficient (Wildman–Crippen LogP) is 9.95. The van der Waals surface area contributed by atoms with E-state index < -0.39 is 11.9 Å². The molecular formula is C50H82BaO8. The molecular weight excluding hydrogens is 866 g/mol. The summed E-state index contributed by atoms with van der Waals surface area (Å²) in [4.78, 5) is 20.8. The molecule has 0 fully saturated rings. The second kappa shape index (κ2) is 42.1. The fourth-order valence-electron chi connectivity index (χ4n) is 7.26. The van der Waals surface area contributed by atoms with Crippen molar-refractivity contribution >= 4 is 60.8 Å². The molecule has 2 N–H and O–H groups in total. The van der Waals surface area contributed by atoms with Gasteiger partial charge < -0.3 is 39.5 Å². The average molecular weight is 949 g/mol. The smallest absolute Gasteiger partial charge is 0.550 e. The number of aliphatic hydroxyl groups excluding tert-OH is 2. The van der Waals surface area contributed by atoms with E-state index in [0.29, 0.717) is 51.1 Å². The molecule has 9 heteroatoms. The van der Waals surface area contributed by atoms with Gasteiger partial charge in [0.15, 0.2) is 0 Å². The van der Waals surface area contributed by atoms with E-state index in [1.165, 1.54) is 62.5 Å². The summed E-state index contributed by atoms with van der Waals surface area (Å²) in [5, 5.41) is 40.6. The first-order valence-electron chi connectivity index (χ1n) is 23.3. The van der Waals surface area contributed by atoms with Crippen LogP contribution in [0.3, 0.4) is 0 Å². The van der Waals surface area contributed by atoms with Crippen molar-refractivity contribution in [3.8, 4) is 0 Å². The number of benzene rings is 2. The minimum Gasteiger partial charge on any atom is -0.550 e. The van der Waals surface area contributed by atoms with Crippen LogP contribution in [-0.4, -0.2) is 95.4 Å². The van der Waals surface area contributed by atoms with Crippen molar-refractivity contribution in [2.24, 2.45) is 0 Å². The van der Waals surface area contributed by atoms with E-state index in [1.807, 2.05) is 12.1 Å². The minimum atomic E-state index is -1.03. The van der Waals surface area contributed by atoms with E-state index in [0.717, 1.165) is 89.9 Å². The Labute approximate surface area is 400 Å². The Morgan fingerprint density at radius 1 is 0.458 bits per heavy atom. The molecule has 2 aromatic carbocycles. The second-order valence-electron chi connectivity index (χ2n) is 16.4. The van der Waals surface area contributed by atoms with Crippen molar-refractivity contribution in [2.75, 3.05) is 0 Å². The Morgan fingerprint density at radius 2 is 0.746 bits per heavy atom. The minimum absolute atomic E-state index is 0. The van der Waals surface area contributed by atoms with Crippen LogP contribution in [-0.2, 0) is 32.3 Å². The monoisotopic (exact) mass is 949 g/mol. The molecule has 0 aliphatic heterocycles. The number of carbonyl (C=O) groups is 2. The zero-order valence-electron chi connectivity index (χ0n) is 37.3. The number of aliphatic hydroxyl groups is 2. The number of aliphatic carboxylic acids is 2. The van der Waals surface area contributed by atoms with Crippen LogP contribution in [0.25, 0.3) is 0 Å². The van der Waals surface area contributed by atoms with Gasteiger partial charge in [-0.1, -0.05) is 177 Å². The first-order valence-corrected chi connectivity index (χ1v) is 23.3. The average Bonchev–Trinajstić information content (AvgIpc) is 3.21. The fourth-order valence-corrected chi connectivity index (χ4v) is 7.26. The van der Waals surface area contributed by atoms with Gasteiger partial charge in [0, 0.05) is 11.9 Å². The summed E-state index contributed by atoms with van der Waals surface area (Å²) in [5.74, 6) is -2.06. The number of hydrogen-bond donors (Lipinski definition) is 2. The van der Waals surface area contributed by atoms with Crippen LogP contribution >= 0.6 is 0 Å². The molecule has 332 valence electrons. The molecule has 0 aliphatic rings. The molecule has 0 aliphatic carbocycles. The molecule has 0 saturated carbocycles. The van der Waals surface area contributed by atoms with Gasteiger partial charge in [0.25, 0.3) is 0 Å². The molecule has 0 saturated heterocycles. The van der Waals surface area contributed by atoms with Crippen LogP contribution in [0, 0.1) is 0 Å². The van der Waals surface area contributed by atoms with E-state index in [2.05, 4.69) is 62.4 Å². The molecule has 4 unspecified atom stereocenters. The molecule has 4 atom stereocenters. The van der Waals surface area contributed by atoms with Gasteiger partial charge in [-0.2, -0.15) is 0 Å². The molecule has 2 rings (SSSR count). The topological polar surface area (TPSA) is 139 Å². The van der Waals surface area contributed by atoms with Crippen LogP contribution in [0.2, 0.25) is 0 Å². The molecule has 0 heterocycles. The zero-order chi connectivity index (χ0) is 42.3. The van der Waals surface area contributed by atoms with Crippen molar-refractivity contribution in [1.82, 2.24) is 0 Å². The van der Waals surface area contributed by atoms with Gasteiger partial charge in [0.1, 0.15) is 0 Å². The van der Waals surface area contributed by atoms with E-state index in [9.17, 15) is 30.0 Å². The Hall–Kier alpha value is -1.21.